The summed E-state index contributed by atoms with van der Waals surface area (Å²) in [5, 5.41) is 9.97. The average molecular weight is 205 g/mol. The molecule has 6 heteroatoms. The van der Waals surface area contributed by atoms with Crippen LogP contribution in [0, 0.1) is 5.82 Å². The third kappa shape index (κ3) is 1.18. The third-order valence-corrected chi connectivity index (χ3v) is 2.36. The quantitative estimate of drug-likeness (QED) is 0.772. The van der Waals surface area contributed by atoms with Crippen molar-refractivity contribution in [2.45, 2.75) is 0 Å². The van der Waals surface area contributed by atoms with Gasteiger partial charge in [-0.05, 0) is 6.07 Å². The van der Waals surface area contributed by atoms with Gasteiger partial charge in [0.2, 0.25) is 0 Å². The van der Waals surface area contributed by atoms with Gasteiger partial charge in [-0.15, -0.1) is 0 Å². The van der Waals surface area contributed by atoms with Gasteiger partial charge >= 0.3 is 0 Å². The van der Waals surface area contributed by atoms with Crippen molar-refractivity contribution >= 4 is 16.7 Å². The minimum Gasteiger partial charge on any atom is -0.358 e. The average Bonchev–Trinajstić information content (AvgIpc) is 2.88. The molecule has 3 heterocycles. The Hall–Kier alpha value is -1.98. The van der Waals surface area contributed by atoms with E-state index in [0.717, 1.165) is 0 Å². The molecular formula is C9H8FN5. The molecule has 76 valence electrons. The second-order valence-corrected chi connectivity index (χ2v) is 3.27. The number of pyridine rings is 1. The first-order chi connectivity index (χ1) is 7.36. The summed E-state index contributed by atoms with van der Waals surface area (Å²) in [7, 11) is 0. The van der Waals surface area contributed by atoms with Gasteiger partial charge in [-0.25, -0.2) is 14.4 Å². The van der Waals surface area contributed by atoms with Gasteiger partial charge < -0.3 is 4.98 Å². The molecular weight excluding hydrogens is 197 g/mol. The number of rotatable bonds is 1. The number of nitrogens with zero attached hydrogens (tertiary/aromatic N) is 4. The molecule has 0 aromatic carbocycles. The number of aromatic nitrogens is 2. The van der Waals surface area contributed by atoms with Crippen LogP contribution >= 0.6 is 0 Å². The van der Waals surface area contributed by atoms with Crippen molar-refractivity contribution in [3.05, 3.63) is 24.3 Å². The number of aromatic amines is 1. The van der Waals surface area contributed by atoms with Crippen LogP contribution in [0.15, 0.2) is 28.8 Å². The lowest BCUT2D eigenvalue weighted by molar-refractivity contribution is 0.633. The molecule has 0 fully saturated rings. The monoisotopic (exact) mass is 205 g/mol. The molecule has 0 spiro atoms. The van der Waals surface area contributed by atoms with Gasteiger partial charge in [0.25, 0.3) is 0 Å². The van der Waals surface area contributed by atoms with Gasteiger partial charge in [0.1, 0.15) is 0 Å². The molecule has 1 N–H and O–H groups in total. The molecule has 0 atom stereocenters. The molecule has 0 radical (unpaired) electrons. The van der Waals surface area contributed by atoms with E-state index >= 15 is 0 Å². The highest BCUT2D eigenvalue weighted by atomic mass is 19.1. The van der Waals surface area contributed by atoms with Crippen LogP contribution in [0.2, 0.25) is 0 Å². The Morgan fingerprint density at radius 3 is 3.20 bits per heavy atom. The van der Waals surface area contributed by atoms with Crippen molar-refractivity contribution in [2.75, 3.05) is 18.1 Å². The maximum atomic E-state index is 13.3. The van der Waals surface area contributed by atoms with Gasteiger partial charge in [-0.3, -0.25) is 0 Å². The van der Waals surface area contributed by atoms with Crippen LogP contribution in [0.4, 0.5) is 10.2 Å². The summed E-state index contributed by atoms with van der Waals surface area (Å²) in [6, 6.07) is 1.68. The fourth-order valence-corrected chi connectivity index (χ4v) is 1.65. The van der Waals surface area contributed by atoms with E-state index < -0.39 is 0 Å². The van der Waals surface area contributed by atoms with E-state index in [4.69, 9.17) is 0 Å². The van der Waals surface area contributed by atoms with Gasteiger partial charge in [-0.2, -0.15) is 5.11 Å². The first kappa shape index (κ1) is 8.34. The van der Waals surface area contributed by atoms with Crippen LogP contribution in [-0.2, 0) is 0 Å². The molecule has 1 aliphatic rings. The van der Waals surface area contributed by atoms with Gasteiger partial charge in [0.15, 0.2) is 11.6 Å². The number of H-pyrrole nitrogens is 1. The first-order valence-corrected chi connectivity index (χ1v) is 4.63. The normalized spacial score (nSPS) is 15.4. The van der Waals surface area contributed by atoms with E-state index in [2.05, 4.69) is 20.3 Å². The zero-order valence-electron chi connectivity index (χ0n) is 7.81. The van der Waals surface area contributed by atoms with E-state index in [1.165, 1.54) is 6.20 Å². The zero-order chi connectivity index (χ0) is 10.3. The van der Waals surface area contributed by atoms with E-state index in [1.54, 1.807) is 17.3 Å². The second-order valence-electron chi connectivity index (χ2n) is 3.27. The number of fused-ring (bicyclic) bond motifs is 1. The number of nitrogens with one attached hydrogen (secondary N) is 1. The minimum absolute atomic E-state index is 0.328. The number of halogens is 1. The third-order valence-electron chi connectivity index (χ3n) is 2.36. The Kier molecular flexibility index (Phi) is 1.67. The molecule has 5 nitrogen and oxygen atoms in total. The molecule has 1 aliphatic heterocycles. The van der Waals surface area contributed by atoms with Crippen molar-refractivity contribution < 1.29 is 4.39 Å². The summed E-state index contributed by atoms with van der Waals surface area (Å²) in [4.78, 5) is 6.99. The molecule has 0 bridgehead atoms. The van der Waals surface area contributed by atoms with Gasteiger partial charge in [0, 0.05) is 11.6 Å². The Balaban J connectivity index is 2.22. The van der Waals surface area contributed by atoms with Crippen molar-refractivity contribution in [1.82, 2.24) is 9.97 Å². The maximum Gasteiger partial charge on any atom is 0.175 e. The van der Waals surface area contributed by atoms with E-state index in [-0.39, 0.29) is 5.82 Å². The summed E-state index contributed by atoms with van der Waals surface area (Å²) in [6.45, 7) is 1.34. The Labute approximate surface area is 84.6 Å². The van der Waals surface area contributed by atoms with Crippen LogP contribution in [0.5, 0.6) is 0 Å². The standard InChI is InChI=1S/C9H8FN5/c10-7-5-12-9(15-4-3-13-14-15)8-6(7)1-2-11-8/h1-2,5,11H,3-4H2. The van der Waals surface area contributed by atoms with E-state index in [1.807, 2.05) is 0 Å². The molecule has 0 saturated heterocycles. The highest BCUT2D eigenvalue weighted by molar-refractivity contribution is 5.89. The number of hydrogen-bond acceptors (Lipinski definition) is 4. The zero-order valence-corrected chi connectivity index (χ0v) is 7.81. The first-order valence-electron chi connectivity index (χ1n) is 4.63. The fourth-order valence-electron chi connectivity index (χ4n) is 1.65. The van der Waals surface area contributed by atoms with Crippen molar-refractivity contribution in [3.63, 3.8) is 0 Å². The number of anilines is 1. The lowest BCUT2D eigenvalue weighted by Crippen LogP contribution is -2.15. The van der Waals surface area contributed by atoms with E-state index in [0.29, 0.717) is 29.8 Å². The fraction of sp³-hybridized carbons (Fsp3) is 0.222. The summed E-state index contributed by atoms with van der Waals surface area (Å²) >= 11 is 0. The summed E-state index contributed by atoms with van der Waals surface area (Å²) < 4.78 is 13.3. The summed E-state index contributed by atoms with van der Waals surface area (Å²) in [5.74, 6) is 0.295. The predicted octanol–water partition coefficient (Wildman–Crippen LogP) is 1.89. The number of hydrogen-bond donors (Lipinski definition) is 1. The molecule has 15 heavy (non-hydrogen) atoms. The van der Waals surface area contributed by atoms with Crippen LogP contribution in [0.1, 0.15) is 0 Å². The molecule has 2 aromatic heterocycles. The molecule has 0 unspecified atom stereocenters. The van der Waals surface area contributed by atoms with Crippen LogP contribution in [0.25, 0.3) is 10.9 Å². The topological polar surface area (TPSA) is 56.6 Å². The predicted molar refractivity (Wildman–Crippen MR) is 53.1 cm³/mol. The summed E-state index contributed by atoms with van der Waals surface area (Å²) in [5.41, 5.74) is 0.663. The lowest BCUT2D eigenvalue weighted by atomic mass is 10.3. The van der Waals surface area contributed by atoms with Crippen LogP contribution in [-0.4, -0.2) is 23.1 Å². The molecule has 2 aromatic rings. The minimum atomic E-state index is -0.328. The lowest BCUT2D eigenvalue weighted by Gasteiger charge is -2.11. The SMILES string of the molecule is Fc1cnc(N2CCN=N2)c2[nH]ccc12. The Morgan fingerprint density at radius 2 is 2.40 bits per heavy atom. The molecule has 3 rings (SSSR count). The van der Waals surface area contributed by atoms with E-state index in [9.17, 15) is 4.39 Å². The van der Waals surface area contributed by atoms with Gasteiger partial charge in [-0.1, -0.05) is 5.22 Å². The summed E-state index contributed by atoms with van der Waals surface area (Å²) in [6.07, 6.45) is 2.89. The molecule has 0 amide bonds. The smallest absolute Gasteiger partial charge is 0.175 e. The highest BCUT2D eigenvalue weighted by Crippen LogP contribution is 2.26. The molecule has 0 saturated carbocycles. The van der Waals surface area contributed by atoms with Crippen LogP contribution in [0.3, 0.4) is 0 Å². The van der Waals surface area contributed by atoms with Crippen molar-refractivity contribution in [2.24, 2.45) is 10.3 Å². The maximum absolute atomic E-state index is 13.3. The second kappa shape index (κ2) is 3.01. The van der Waals surface area contributed by atoms with Crippen molar-refractivity contribution in [3.8, 4) is 0 Å². The Morgan fingerprint density at radius 1 is 1.47 bits per heavy atom. The highest BCUT2D eigenvalue weighted by Gasteiger charge is 2.16. The van der Waals surface area contributed by atoms with Gasteiger partial charge in [0.05, 0.1) is 24.8 Å². The molecule has 0 aliphatic carbocycles. The van der Waals surface area contributed by atoms with Crippen molar-refractivity contribution in [1.29, 1.82) is 0 Å². The Bertz CT molecular complexity index is 532. The largest absolute Gasteiger partial charge is 0.358 e. The van der Waals surface area contributed by atoms with Crippen LogP contribution < -0.4 is 5.01 Å².